The van der Waals surface area contributed by atoms with Gasteiger partial charge in [0.1, 0.15) is 0 Å². The molecule has 61 heavy (non-hydrogen) atoms. The minimum atomic E-state index is 1.09. The van der Waals surface area contributed by atoms with E-state index in [-0.39, 0.29) is 0 Å². The summed E-state index contributed by atoms with van der Waals surface area (Å²) in [6.45, 7) is 0. The fraction of sp³-hybridized carbons (Fsp3) is 0. The van der Waals surface area contributed by atoms with E-state index >= 15 is 0 Å². The Bertz CT molecular complexity index is 3310. The maximum Gasteiger partial charge on any atom is 0.0468 e. The SMILES string of the molecule is c1ccc(-c2ccc(-c3ccc(N(c4ccc(-c5ccc6ccccc6c5)cc4)c4ccc(-c5cc6ccccc6c6ccccc56)cc4)cc3-c3ccccc3)cc2)cc1. The lowest BCUT2D eigenvalue weighted by molar-refractivity contribution is 1.28. The van der Waals surface area contributed by atoms with Gasteiger partial charge in [-0.1, -0.05) is 200 Å². The zero-order valence-electron chi connectivity index (χ0n) is 33.6. The third-order valence-corrected chi connectivity index (χ3v) is 12.1. The van der Waals surface area contributed by atoms with Crippen molar-refractivity contribution in [1.29, 1.82) is 0 Å². The molecule has 0 N–H and O–H groups in total. The molecule has 0 spiro atoms. The molecule has 286 valence electrons. The van der Waals surface area contributed by atoms with Gasteiger partial charge in [-0.15, -0.1) is 0 Å². The van der Waals surface area contributed by atoms with Crippen LogP contribution in [-0.2, 0) is 0 Å². The fourth-order valence-corrected chi connectivity index (χ4v) is 8.95. The molecule has 1 nitrogen and oxygen atoms in total. The second-order valence-electron chi connectivity index (χ2n) is 15.7. The molecule has 0 saturated heterocycles. The first-order valence-corrected chi connectivity index (χ1v) is 21.0. The lowest BCUT2D eigenvalue weighted by Gasteiger charge is -2.27. The van der Waals surface area contributed by atoms with Crippen LogP contribution < -0.4 is 4.90 Å². The summed E-state index contributed by atoms with van der Waals surface area (Å²) in [5.74, 6) is 0. The first-order valence-electron chi connectivity index (χ1n) is 21.0. The quantitative estimate of drug-likeness (QED) is 0.139. The Hall–Kier alpha value is -8.00. The van der Waals surface area contributed by atoms with Gasteiger partial charge >= 0.3 is 0 Å². The van der Waals surface area contributed by atoms with Gasteiger partial charge in [0.05, 0.1) is 0 Å². The van der Waals surface area contributed by atoms with Crippen LogP contribution in [0, 0.1) is 0 Å². The lowest BCUT2D eigenvalue weighted by atomic mass is 9.92. The molecule has 0 aliphatic heterocycles. The number of rotatable bonds is 8. The third kappa shape index (κ3) is 6.93. The van der Waals surface area contributed by atoms with E-state index in [1.165, 1.54) is 88.0 Å². The molecule has 0 fully saturated rings. The van der Waals surface area contributed by atoms with Gasteiger partial charge in [0, 0.05) is 17.1 Å². The van der Waals surface area contributed by atoms with Crippen LogP contribution in [0.3, 0.4) is 0 Å². The molecule has 0 atom stereocenters. The lowest BCUT2D eigenvalue weighted by Crippen LogP contribution is -2.10. The Labute approximate surface area is 357 Å². The standard InChI is InChI=1S/C60H41N/c1-3-13-42(14-4-1)44-23-26-47(27-24-44)56-38-37-54(41-60(56)46-16-5-2-6-17-46)61(52-33-29-45(30-34-52)50-28-25-43-15-7-8-18-49(43)39-50)53-35-31-48(32-36-53)59-40-51-19-9-10-20-55(51)57-21-11-12-22-58(57)59/h1-41H. The van der Waals surface area contributed by atoms with Crippen molar-refractivity contribution in [2.75, 3.05) is 4.90 Å². The van der Waals surface area contributed by atoms with Crippen molar-refractivity contribution in [2.45, 2.75) is 0 Å². The molecule has 11 rings (SSSR count). The molecule has 0 aliphatic rings. The van der Waals surface area contributed by atoms with E-state index in [0.717, 1.165) is 17.1 Å². The summed E-state index contributed by atoms with van der Waals surface area (Å²) in [5.41, 5.74) is 15.3. The molecular weight excluding hydrogens is 735 g/mol. The highest BCUT2D eigenvalue weighted by atomic mass is 15.1. The molecule has 0 radical (unpaired) electrons. The Balaban J connectivity index is 1.04. The highest BCUT2D eigenvalue weighted by Gasteiger charge is 2.18. The molecule has 0 bridgehead atoms. The van der Waals surface area contributed by atoms with Crippen LogP contribution in [0.25, 0.3) is 88.0 Å². The second kappa shape index (κ2) is 15.6. The maximum atomic E-state index is 2.39. The average Bonchev–Trinajstić information content (AvgIpc) is 3.35. The number of nitrogens with zero attached hydrogens (tertiary/aromatic N) is 1. The predicted octanol–water partition coefficient (Wildman–Crippen LogP) is 17.0. The molecule has 0 heterocycles. The van der Waals surface area contributed by atoms with Crippen LogP contribution in [0.5, 0.6) is 0 Å². The normalized spacial score (nSPS) is 11.3. The summed E-state index contributed by atoms with van der Waals surface area (Å²) in [5, 5.41) is 7.55. The topological polar surface area (TPSA) is 3.24 Å². The van der Waals surface area contributed by atoms with Gasteiger partial charge in [0.2, 0.25) is 0 Å². The van der Waals surface area contributed by atoms with Crippen LogP contribution >= 0.6 is 0 Å². The molecule has 0 aliphatic carbocycles. The number of fused-ring (bicyclic) bond motifs is 4. The molecule has 11 aromatic carbocycles. The van der Waals surface area contributed by atoms with Gasteiger partial charge in [0.15, 0.2) is 0 Å². The van der Waals surface area contributed by atoms with Gasteiger partial charge in [-0.25, -0.2) is 0 Å². The molecule has 0 aromatic heterocycles. The van der Waals surface area contributed by atoms with Gasteiger partial charge < -0.3 is 4.90 Å². The van der Waals surface area contributed by atoms with Crippen LogP contribution in [0.15, 0.2) is 249 Å². The van der Waals surface area contributed by atoms with E-state index in [1.54, 1.807) is 0 Å². The number of benzene rings is 11. The zero-order chi connectivity index (χ0) is 40.5. The van der Waals surface area contributed by atoms with Crippen molar-refractivity contribution in [3.8, 4) is 55.6 Å². The summed E-state index contributed by atoms with van der Waals surface area (Å²) < 4.78 is 0. The summed E-state index contributed by atoms with van der Waals surface area (Å²) in [7, 11) is 0. The van der Waals surface area contributed by atoms with Crippen LogP contribution in [0.2, 0.25) is 0 Å². The number of anilines is 3. The van der Waals surface area contributed by atoms with E-state index in [2.05, 4.69) is 254 Å². The Morgan fingerprint density at radius 2 is 0.639 bits per heavy atom. The largest absolute Gasteiger partial charge is 0.310 e. The van der Waals surface area contributed by atoms with E-state index in [4.69, 9.17) is 0 Å². The van der Waals surface area contributed by atoms with E-state index in [0.29, 0.717) is 0 Å². The number of hydrogen-bond donors (Lipinski definition) is 0. The Morgan fingerprint density at radius 1 is 0.197 bits per heavy atom. The first-order chi connectivity index (χ1) is 30.2. The molecule has 0 amide bonds. The van der Waals surface area contributed by atoms with Crippen LogP contribution in [-0.4, -0.2) is 0 Å². The summed E-state index contributed by atoms with van der Waals surface area (Å²) in [4.78, 5) is 2.39. The monoisotopic (exact) mass is 775 g/mol. The van der Waals surface area contributed by atoms with Gasteiger partial charge in [-0.05, 0) is 136 Å². The molecule has 11 aromatic rings. The number of hydrogen-bond acceptors (Lipinski definition) is 1. The third-order valence-electron chi connectivity index (χ3n) is 12.1. The fourth-order valence-electron chi connectivity index (χ4n) is 8.95. The van der Waals surface area contributed by atoms with Crippen LogP contribution in [0.1, 0.15) is 0 Å². The van der Waals surface area contributed by atoms with Crippen molar-refractivity contribution in [3.63, 3.8) is 0 Å². The predicted molar refractivity (Wildman–Crippen MR) is 261 cm³/mol. The first kappa shape index (κ1) is 36.1. The van der Waals surface area contributed by atoms with Crippen molar-refractivity contribution in [2.24, 2.45) is 0 Å². The van der Waals surface area contributed by atoms with Crippen molar-refractivity contribution < 1.29 is 0 Å². The maximum absolute atomic E-state index is 2.39. The van der Waals surface area contributed by atoms with Crippen molar-refractivity contribution in [1.82, 2.24) is 0 Å². The summed E-state index contributed by atoms with van der Waals surface area (Å²) in [6, 6.07) is 90.5. The van der Waals surface area contributed by atoms with Gasteiger partial charge in [-0.3, -0.25) is 0 Å². The highest BCUT2D eigenvalue weighted by molar-refractivity contribution is 6.13. The Morgan fingerprint density at radius 3 is 1.34 bits per heavy atom. The smallest absolute Gasteiger partial charge is 0.0468 e. The molecule has 0 unspecified atom stereocenters. The Kier molecular flexibility index (Phi) is 9.26. The molecule has 0 saturated carbocycles. The van der Waals surface area contributed by atoms with Gasteiger partial charge in [0.25, 0.3) is 0 Å². The summed E-state index contributed by atoms with van der Waals surface area (Å²) >= 11 is 0. The minimum absolute atomic E-state index is 1.09. The second-order valence-corrected chi connectivity index (χ2v) is 15.7. The van der Waals surface area contributed by atoms with E-state index in [9.17, 15) is 0 Å². The average molecular weight is 776 g/mol. The van der Waals surface area contributed by atoms with E-state index in [1.807, 2.05) is 0 Å². The highest BCUT2D eigenvalue weighted by Crippen LogP contribution is 2.43. The van der Waals surface area contributed by atoms with Crippen molar-refractivity contribution >= 4 is 49.4 Å². The minimum Gasteiger partial charge on any atom is -0.310 e. The van der Waals surface area contributed by atoms with E-state index < -0.39 is 0 Å². The summed E-state index contributed by atoms with van der Waals surface area (Å²) in [6.07, 6.45) is 0. The molecular formula is C60H41N. The van der Waals surface area contributed by atoms with Crippen LogP contribution in [0.4, 0.5) is 17.1 Å². The van der Waals surface area contributed by atoms with Gasteiger partial charge in [-0.2, -0.15) is 0 Å². The zero-order valence-corrected chi connectivity index (χ0v) is 33.6. The van der Waals surface area contributed by atoms with Crippen molar-refractivity contribution in [3.05, 3.63) is 249 Å². The molecule has 1 heteroatoms.